The molecule has 2 aromatic carbocycles. The van der Waals surface area contributed by atoms with Gasteiger partial charge in [-0.05, 0) is 48.1 Å². The molecule has 1 heterocycles. The van der Waals surface area contributed by atoms with E-state index in [0.717, 1.165) is 28.2 Å². The SMILES string of the molecule is Cc1cc2c(cc1C)N[C@@H](c1cc([N+](=O)[O-])ccc1[O-])[C@@H]1C(=O)CC(C)(C)C=C1N2. The third-order valence-electron chi connectivity index (χ3n) is 5.95. The van der Waals surface area contributed by atoms with Gasteiger partial charge in [0.1, 0.15) is 5.78 Å². The molecule has 0 amide bonds. The summed E-state index contributed by atoms with van der Waals surface area (Å²) in [6.45, 7) is 8.00. The topological polar surface area (TPSA) is 107 Å². The Bertz CT molecular complexity index is 1100. The van der Waals surface area contributed by atoms with Crippen molar-refractivity contribution in [2.45, 2.75) is 40.2 Å². The maximum atomic E-state index is 13.2. The van der Waals surface area contributed by atoms with Gasteiger partial charge < -0.3 is 15.7 Å². The fraction of sp³-hybridized carbons (Fsp3) is 0.348. The van der Waals surface area contributed by atoms with Crippen molar-refractivity contribution in [3.8, 4) is 5.75 Å². The Morgan fingerprint density at radius 1 is 1.10 bits per heavy atom. The third kappa shape index (κ3) is 3.40. The standard InChI is InChI=1S/C23H25N3O4/c1-12-7-16-17(8-13(12)2)25-22(15-9-14(26(29)30)5-6-19(15)27)21-18(24-16)10-23(3,4)11-20(21)28/h5-10,21-22,24-25,27H,11H2,1-4H3/p-1/t21-,22-/m0/s1. The van der Waals surface area contributed by atoms with Gasteiger partial charge in [0.05, 0.1) is 28.3 Å². The largest absolute Gasteiger partial charge is 0.872 e. The Balaban J connectivity index is 1.94. The molecule has 0 aromatic heterocycles. The Labute approximate surface area is 175 Å². The number of benzene rings is 2. The summed E-state index contributed by atoms with van der Waals surface area (Å²) in [5.41, 5.74) is 4.19. The number of nitro groups is 1. The third-order valence-corrected chi connectivity index (χ3v) is 5.95. The molecule has 4 rings (SSSR count). The van der Waals surface area contributed by atoms with Crippen molar-refractivity contribution in [2.24, 2.45) is 11.3 Å². The van der Waals surface area contributed by atoms with Crippen molar-refractivity contribution < 1.29 is 14.8 Å². The molecule has 0 bridgehead atoms. The number of allylic oxidation sites excluding steroid dienone is 1. The Morgan fingerprint density at radius 3 is 2.43 bits per heavy atom. The zero-order valence-corrected chi connectivity index (χ0v) is 17.4. The van der Waals surface area contributed by atoms with E-state index in [2.05, 4.69) is 10.6 Å². The molecule has 0 spiro atoms. The number of nitro benzene ring substituents is 1. The lowest BCUT2D eigenvalue weighted by Gasteiger charge is -2.36. The van der Waals surface area contributed by atoms with Crippen LogP contribution in [0.3, 0.4) is 0 Å². The number of nitrogens with one attached hydrogen (secondary N) is 2. The van der Waals surface area contributed by atoms with Crippen molar-refractivity contribution >= 4 is 22.8 Å². The number of hydrogen-bond donors (Lipinski definition) is 2. The fourth-order valence-electron chi connectivity index (χ4n) is 4.37. The van der Waals surface area contributed by atoms with E-state index < -0.39 is 16.9 Å². The van der Waals surface area contributed by atoms with E-state index in [9.17, 15) is 20.0 Å². The van der Waals surface area contributed by atoms with E-state index in [1.54, 1.807) is 0 Å². The van der Waals surface area contributed by atoms with Gasteiger partial charge in [-0.1, -0.05) is 26.0 Å². The smallest absolute Gasteiger partial charge is 0.269 e. The summed E-state index contributed by atoms with van der Waals surface area (Å²) in [6, 6.07) is 6.97. The van der Waals surface area contributed by atoms with E-state index >= 15 is 0 Å². The second-order valence-electron chi connectivity index (χ2n) is 8.92. The molecule has 2 aliphatic rings. The van der Waals surface area contributed by atoms with Crippen molar-refractivity contribution in [3.05, 3.63) is 68.9 Å². The number of rotatable bonds is 2. The molecule has 7 nitrogen and oxygen atoms in total. The lowest BCUT2D eigenvalue weighted by Crippen LogP contribution is -2.37. The van der Waals surface area contributed by atoms with E-state index in [1.165, 1.54) is 18.2 Å². The first kappa shape index (κ1) is 19.9. The normalized spacial score (nSPS) is 22.0. The number of Topliss-reactive ketones (excluding diaryl/α,β-unsaturated/α-hetero) is 1. The van der Waals surface area contributed by atoms with E-state index in [-0.39, 0.29) is 28.2 Å². The van der Waals surface area contributed by atoms with Crippen LogP contribution in [0.5, 0.6) is 5.75 Å². The Hall–Kier alpha value is -3.35. The minimum Gasteiger partial charge on any atom is -0.872 e. The number of non-ortho nitro benzene ring substituents is 1. The van der Waals surface area contributed by atoms with Gasteiger partial charge in [0.15, 0.2) is 0 Å². The molecular weight excluding hydrogens is 382 g/mol. The lowest BCUT2D eigenvalue weighted by atomic mass is 9.72. The zero-order valence-electron chi connectivity index (χ0n) is 17.4. The number of ketones is 1. The van der Waals surface area contributed by atoms with Crippen LogP contribution < -0.4 is 15.7 Å². The van der Waals surface area contributed by atoms with Gasteiger partial charge in [-0.3, -0.25) is 14.9 Å². The van der Waals surface area contributed by atoms with Crippen LogP contribution in [0.1, 0.15) is 43.0 Å². The first-order valence-electron chi connectivity index (χ1n) is 9.91. The lowest BCUT2D eigenvalue weighted by molar-refractivity contribution is -0.385. The molecule has 0 saturated carbocycles. The zero-order chi connectivity index (χ0) is 21.8. The molecule has 1 aliphatic heterocycles. The van der Waals surface area contributed by atoms with Gasteiger partial charge in [0.2, 0.25) is 0 Å². The summed E-state index contributed by atoms with van der Waals surface area (Å²) in [7, 11) is 0. The van der Waals surface area contributed by atoms with Crippen LogP contribution in [-0.4, -0.2) is 10.7 Å². The molecule has 30 heavy (non-hydrogen) atoms. The minimum absolute atomic E-state index is 0.00495. The molecule has 2 atom stereocenters. The van der Waals surface area contributed by atoms with Gasteiger partial charge in [0, 0.05) is 24.3 Å². The summed E-state index contributed by atoms with van der Waals surface area (Å²) >= 11 is 0. The van der Waals surface area contributed by atoms with E-state index in [4.69, 9.17) is 0 Å². The molecule has 2 aromatic rings. The maximum absolute atomic E-state index is 13.2. The van der Waals surface area contributed by atoms with Crippen LogP contribution >= 0.6 is 0 Å². The summed E-state index contributed by atoms with van der Waals surface area (Å²) in [6.07, 6.45) is 2.37. The van der Waals surface area contributed by atoms with Crippen LogP contribution in [-0.2, 0) is 4.79 Å². The maximum Gasteiger partial charge on any atom is 0.269 e. The van der Waals surface area contributed by atoms with Crippen LogP contribution in [0.4, 0.5) is 17.1 Å². The molecular formula is C23H24N3O4-. The van der Waals surface area contributed by atoms with Crippen molar-refractivity contribution in [2.75, 3.05) is 10.6 Å². The minimum atomic E-state index is -0.705. The van der Waals surface area contributed by atoms with E-state index in [0.29, 0.717) is 6.42 Å². The highest BCUT2D eigenvalue weighted by molar-refractivity contribution is 5.90. The highest BCUT2D eigenvalue weighted by atomic mass is 16.6. The average molecular weight is 406 g/mol. The number of carbonyl (C=O) groups is 1. The predicted octanol–water partition coefficient (Wildman–Crippen LogP) is 4.36. The summed E-state index contributed by atoms with van der Waals surface area (Å²) in [5, 5.41) is 30.8. The number of fused-ring (bicyclic) bond motifs is 2. The number of aryl methyl sites for hydroxylation is 2. The predicted molar refractivity (Wildman–Crippen MR) is 113 cm³/mol. The molecule has 7 heteroatoms. The molecule has 0 radical (unpaired) electrons. The quantitative estimate of drug-likeness (QED) is 0.567. The van der Waals surface area contributed by atoms with E-state index in [1.807, 2.05) is 45.9 Å². The van der Waals surface area contributed by atoms with Crippen LogP contribution in [0.2, 0.25) is 0 Å². The van der Waals surface area contributed by atoms with Gasteiger partial charge in [-0.15, -0.1) is 5.75 Å². The summed E-state index contributed by atoms with van der Waals surface area (Å²) in [4.78, 5) is 24.0. The number of hydrogen-bond acceptors (Lipinski definition) is 6. The molecule has 156 valence electrons. The summed E-state index contributed by atoms with van der Waals surface area (Å²) in [5.74, 6) is -0.974. The molecule has 0 unspecified atom stereocenters. The summed E-state index contributed by atoms with van der Waals surface area (Å²) < 4.78 is 0. The average Bonchev–Trinajstić information content (AvgIpc) is 2.78. The Kier molecular flexibility index (Phi) is 4.56. The van der Waals surface area contributed by atoms with Gasteiger partial charge >= 0.3 is 0 Å². The molecule has 0 fully saturated rings. The van der Waals surface area contributed by atoms with Crippen LogP contribution in [0.25, 0.3) is 0 Å². The molecule has 0 saturated heterocycles. The monoisotopic (exact) mass is 406 g/mol. The van der Waals surface area contributed by atoms with Crippen LogP contribution in [0.15, 0.2) is 42.1 Å². The number of nitrogens with zero attached hydrogens (tertiary/aromatic N) is 1. The van der Waals surface area contributed by atoms with Gasteiger partial charge in [-0.25, -0.2) is 0 Å². The first-order valence-corrected chi connectivity index (χ1v) is 9.91. The van der Waals surface area contributed by atoms with Gasteiger partial charge in [0.25, 0.3) is 5.69 Å². The number of anilines is 2. The second kappa shape index (κ2) is 6.86. The highest BCUT2D eigenvalue weighted by Gasteiger charge is 2.42. The molecule has 2 N–H and O–H groups in total. The van der Waals surface area contributed by atoms with Crippen LogP contribution in [0, 0.1) is 35.3 Å². The fourth-order valence-corrected chi connectivity index (χ4v) is 4.37. The molecule has 1 aliphatic carbocycles. The number of carbonyl (C=O) groups excluding carboxylic acids is 1. The van der Waals surface area contributed by atoms with Gasteiger partial charge in [-0.2, -0.15) is 0 Å². The van der Waals surface area contributed by atoms with Crippen molar-refractivity contribution in [1.29, 1.82) is 0 Å². The first-order chi connectivity index (χ1) is 14.1. The van der Waals surface area contributed by atoms with Crippen molar-refractivity contribution in [1.82, 2.24) is 0 Å². The second-order valence-corrected chi connectivity index (χ2v) is 8.92. The highest BCUT2D eigenvalue weighted by Crippen LogP contribution is 2.47. The van der Waals surface area contributed by atoms with Crippen molar-refractivity contribution in [3.63, 3.8) is 0 Å². The Morgan fingerprint density at radius 2 is 1.77 bits per heavy atom.